The first-order valence-corrected chi connectivity index (χ1v) is 5.11. The maximum Gasteiger partial charge on any atom is 0.129 e. The van der Waals surface area contributed by atoms with Gasteiger partial charge in [-0.1, -0.05) is 32.8 Å². The molecule has 0 radical (unpaired) electrons. The fraction of sp³-hybridized carbons (Fsp3) is 0.500. The third kappa shape index (κ3) is 4.44. The number of rotatable bonds is 4. The molecule has 0 atom stereocenters. The topological polar surface area (TPSA) is 0 Å². The van der Waals surface area contributed by atoms with Crippen LogP contribution in [-0.2, 0) is 28.1 Å². The van der Waals surface area contributed by atoms with Crippen LogP contribution < -0.4 is 0 Å². The Morgan fingerprint density at radius 3 is 2.20 bits per heavy atom. The Morgan fingerprint density at radius 1 is 1.13 bits per heavy atom. The summed E-state index contributed by atoms with van der Waals surface area (Å²) in [4.78, 5) is 0. The maximum atomic E-state index is 13.2. The van der Waals surface area contributed by atoms with E-state index in [1.807, 2.05) is 0 Å². The smallest absolute Gasteiger partial charge is 0.129 e. The number of benzene rings is 1. The van der Waals surface area contributed by atoms with Gasteiger partial charge in [0.05, 0.1) is 0 Å². The predicted octanol–water partition coefficient (Wildman–Crippen LogP) is 3.94. The van der Waals surface area contributed by atoms with E-state index in [4.69, 9.17) is 0 Å². The quantitative estimate of drug-likeness (QED) is 0.706. The van der Waals surface area contributed by atoms with Gasteiger partial charge < -0.3 is 0 Å². The van der Waals surface area contributed by atoms with Crippen molar-refractivity contribution in [1.82, 2.24) is 0 Å². The third-order valence-electron chi connectivity index (χ3n) is 2.68. The molecule has 0 fully saturated rings. The molecule has 0 aliphatic rings. The van der Waals surface area contributed by atoms with Gasteiger partial charge in [0.15, 0.2) is 0 Å². The average Bonchev–Trinajstić information content (AvgIpc) is 2.17. The zero-order chi connectivity index (χ0) is 10.6. The Labute approximate surface area is 105 Å². The van der Waals surface area contributed by atoms with E-state index in [1.54, 1.807) is 6.07 Å². The monoisotopic (exact) mass is 246 g/mol. The number of hydrogen-bond donors (Lipinski definition) is 0. The van der Waals surface area contributed by atoms with Gasteiger partial charge in [0, 0.05) is 27.8 Å². The maximum absolute atomic E-state index is 13.2. The van der Waals surface area contributed by atoms with Crippen LogP contribution in [0.25, 0.3) is 0 Å². The van der Waals surface area contributed by atoms with E-state index >= 15 is 0 Å². The molecule has 0 aliphatic heterocycles. The second-order valence-corrected chi connectivity index (χ2v) is 3.62. The van der Waals surface area contributed by atoms with E-state index in [-0.39, 0.29) is 21.7 Å². The summed E-state index contributed by atoms with van der Waals surface area (Å²) in [5.41, 5.74) is 0.625. The normalized spacial score (nSPS) is 10.2. The van der Waals surface area contributed by atoms with Crippen LogP contribution in [0.1, 0.15) is 32.3 Å². The zero-order valence-corrected chi connectivity index (χ0v) is 10.7. The van der Waals surface area contributed by atoms with E-state index in [9.17, 15) is 8.78 Å². The molecule has 1 rings (SSSR count). The molecule has 0 nitrogen and oxygen atoms in total. The van der Waals surface area contributed by atoms with Crippen LogP contribution in [0.2, 0.25) is 0 Å². The van der Waals surface area contributed by atoms with Gasteiger partial charge in [0.1, 0.15) is 11.6 Å². The number of halogens is 2. The molecule has 0 N–H and O–H groups in total. The summed E-state index contributed by atoms with van der Waals surface area (Å²) in [6.07, 6.45) is 2.78. The summed E-state index contributed by atoms with van der Waals surface area (Å²) < 4.78 is 25.9. The number of hydrogen-bond acceptors (Lipinski definition) is 0. The van der Waals surface area contributed by atoms with Crippen molar-refractivity contribution in [2.24, 2.45) is 5.92 Å². The Balaban J connectivity index is 0.00000196. The molecule has 0 saturated carbocycles. The second kappa shape index (κ2) is 7.13. The first-order chi connectivity index (χ1) is 6.67. The first kappa shape index (κ1) is 14.8. The van der Waals surface area contributed by atoms with Crippen molar-refractivity contribution in [2.75, 3.05) is 0 Å². The van der Waals surface area contributed by atoms with E-state index < -0.39 is 11.6 Å². The third-order valence-corrected chi connectivity index (χ3v) is 2.68. The molecular formula is C12H16F2Ti. The fourth-order valence-corrected chi connectivity index (χ4v) is 1.58. The molecule has 1 aromatic carbocycles. The summed E-state index contributed by atoms with van der Waals surface area (Å²) >= 11 is 0. The molecule has 0 amide bonds. The van der Waals surface area contributed by atoms with Gasteiger partial charge in [-0.2, -0.15) is 0 Å². The van der Waals surface area contributed by atoms with Gasteiger partial charge >= 0.3 is 0 Å². The van der Waals surface area contributed by atoms with Crippen molar-refractivity contribution >= 4 is 0 Å². The molecule has 15 heavy (non-hydrogen) atoms. The van der Waals surface area contributed by atoms with Crippen LogP contribution in [0.4, 0.5) is 8.78 Å². The molecule has 1 aromatic rings. The minimum atomic E-state index is -0.504. The summed E-state index contributed by atoms with van der Waals surface area (Å²) in [6.45, 7) is 4.19. The minimum absolute atomic E-state index is 0. The summed E-state index contributed by atoms with van der Waals surface area (Å²) in [5.74, 6) is -0.428. The Kier molecular flexibility index (Phi) is 7.03. The average molecular weight is 246 g/mol. The van der Waals surface area contributed by atoms with Gasteiger partial charge in [-0.3, -0.25) is 0 Å². The van der Waals surface area contributed by atoms with Crippen LogP contribution in [0, 0.1) is 17.6 Å². The summed E-state index contributed by atoms with van der Waals surface area (Å²) in [5, 5.41) is 0. The van der Waals surface area contributed by atoms with Gasteiger partial charge in [-0.05, 0) is 24.0 Å². The largest absolute Gasteiger partial charge is 0.207 e. The molecular weight excluding hydrogens is 230 g/mol. The van der Waals surface area contributed by atoms with Gasteiger partial charge in [-0.15, -0.1) is 0 Å². The van der Waals surface area contributed by atoms with E-state index in [0.29, 0.717) is 17.9 Å². The summed E-state index contributed by atoms with van der Waals surface area (Å²) in [6, 6.07) is 3.82. The van der Waals surface area contributed by atoms with Crippen LogP contribution in [0.3, 0.4) is 0 Å². The van der Waals surface area contributed by atoms with Crippen molar-refractivity contribution in [1.29, 1.82) is 0 Å². The summed E-state index contributed by atoms with van der Waals surface area (Å²) in [7, 11) is 0. The van der Waals surface area contributed by atoms with Crippen molar-refractivity contribution in [3.63, 3.8) is 0 Å². The van der Waals surface area contributed by atoms with E-state index in [2.05, 4.69) is 13.8 Å². The molecule has 0 heterocycles. The SMILES string of the molecule is CCC(CC)Cc1ccc(F)cc1F.[Ti]. The molecule has 82 valence electrons. The van der Waals surface area contributed by atoms with E-state index in [0.717, 1.165) is 18.9 Å². The Bertz CT molecular complexity index is 296. The fourth-order valence-electron chi connectivity index (χ4n) is 1.58. The van der Waals surface area contributed by atoms with Gasteiger partial charge in [0.25, 0.3) is 0 Å². The Morgan fingerprint density at radius 2 is 1.73 bits per heavy atom. The van der Waals surface area contributed by atoms with Crippen molar-refractivity contribution in [3.05, 3.63) is 35.4 Å². The first-order valence-electron chi connectivity index (χ1n) is 5.11. The molecule has 0 unspecified atom stereocenters. The Hall–Kier alpha value is -0.206. The standard InChI is InChI=1S/C12H16F2.Ti/c1-3-9(4-2)7-10-5-6-11(13)8-12(10)14;/h5-6,8-9H,3-4,7H2,1-2H3;. The molecule has 0 saturated heterocycles. The molecule has 0 bridgehead atoms. The van der Waals surface area contributed by atoms with Crippen LogP contribution in [-0.4, -0.2) is 0 Å². The van der Waals surface area contributed by atoms with Gasteiger partial charge in [-0.25, -0.2) is 8.78 Å². The van der Waals surface area contributed by atoms with Crippen molar-refractivity contribution in [3.8, 4) is 0 Å². The molecule has 3 heteroatoms. The molecule has 0 aliphatic carbocycles. The van der Waals surface area contributed by atoms with Crippen LogP contribution in [0.5, 0.6) is 0 Å². The van der Waals surface area contributed by atoms with Crippen LogP contribution in [0.15, 0.2) is 18.2 Å². The molecule has 0 spiro atoms. The van der Waals surface area contributed by atoms with Gasteiger partial charge in [0.2, 0.25) is 0 Å². The van der Waals surface area contributed by atoms with Crippen molar-refractivity contribution in [2.45, 2.75) is 33.1 Å². The second-order valence-electron chi connectivity index (χ2n) is 3.62. The van der Waals surface area contributed by atoms with Crippen molar-refractivity contribution < 1.29 is 30.5 Å². The van der Waals surface area contributed by atoms with Crippen LogP contribution >= 0.6 is 0 Å². The molecule has 0 aromatic heterocycles. The zero-order valence-electron chi connectivity index (χ0n) is 9.19. The predicted molar refractivity (Wildman–Crippen MR) is 54.1 cm³/mol. The van der Waals surface area contributed by atoms with E-state index in [1.165, 1.54) is 6.07 Å². The minimum Gasteiger partial charge on any atom is -0.207 e.